The van der Waals surface area contributed by atoms with Gasteiger partial charge in [0.2, 0.25) is 0 Å². The molecule has 1 amide bonds. The molecule has 0 aliphatic carbocycles. The van der Waals surface area contributed by atoms with Crippen molar-refractivity contribution in [2.24, 2.45) is 0 Å². The molecule has 2 nitrogen and oxygen atoms in total. The van der Waals surface area contributed by atoms with Gasteiger partial charge >= 0.3 is 0 Å². The van der Waals surface area contributed by atoms with E-state index in [2.05, 4.69) is 12.6 Å². The van der Waals surface area contributed by atoms with E-state index in [0.717, 1.165) is 0 Å². The van der Waals surface area contributed by atoms with Crippen LogP contribution in [0.5, 0.6) is 0 Å². The van der Waals surface area contributed by atoms with Gasteiger partial charge in [-0.1, -0.05) is 6.07 Å². The number of hydrogen-bond donors (Lipinski definition) is 1. The molecule has 2 rings (SSSR count). The van der Waals surface area contributed by atoms with Crippen molar-refractivity contribution in [1.29, 1.82) is 0 Å². The molecular formula is C15H13F2NOS. The van der Waals surface area contributed by atoms with E-state index in [9.17, 15) is 13.6 Å². The highest BCUT2D eigenvalue weighted by atomic mass is 32.1. The molecule has 0 saturated heterocycles. The first-order valence-corrected chi connectivity index (χ1v) is 6.53. The third kappa shape index (κ3) is 2.99. The Morgan fingerprint density at radius 3 is 2.60 bits per heavy atom. The molecule has 0 saturated carbocycles. The fourth-order valence-electron chi connectivity index (χ4n) is 1.91. The molecular weight excluding hydrogens is 280 g/mol. The Balaban J connectivity index is 2.41. The number of thiol groups is 1. The van der Waals surface area contributed by atoms with Crippen LogP contribution in [0.4, 0.5) is 14.5 Å². The van der Waals surface area contributed by atoms with Crippen LogP contribution in [-0.2, 0) is 0 Å². The molecule has 0 fully saturated rings. The van der Waals surface area contributed by atoms with Gasteiger partial charge in [0.1, 0.15) is 11.6 Å². The Labute approximate surface area is 121 Å². The van der Waals surface area contributed by atoms with E-state index in [1.807, 2.05) is 0 Å². The number of halogens is 2. The summed E-state index contributed by atoms with van der Waals surface area (Å²) >= 11 is 4.10. The van der Waals surface area contributed by atoms with Gasteiger partial charge in [0.05, 0.1) is 5.56 Å². The third-order valence-electron chi connectivity index (χ3n) is 2.86. The van der Waals surface area contributed by atoms with E-state index in [1.165, 1.54) is 41.3 Å². The van der Waals surface area contributed by atoms with Gasteiger partial charge in [-0.2, -0.15) is 0 Å². The maximum Gasteiger partial charge on any atom is 0.261 e. The molecule has 0 aliphatic rings. The quantitative estimate of drug-likeness (QED) is 0.850. The van der Waals surface area contributed by atoms with Crippen LogP contribution in [0.2, 0.25) is 0 Å². The van der Waals surface area contributed by atoms with Crippen molar-refractivity contribution in [3.8, 4) is 0 Å². The molecule has 0 aromatic heterocycles. The zero-order valence-corrected chi connectivity index (χ0v) is 11.7. The Bertz CT molecular complexity index is 646. The van der Waals surface area contributed by atoms with Crippen LogP contribution >= 0.6 is 12.6 Å². The summed E-state index contributed by atoms with van der Waals surface area (Å²) in [4.78, 5) is 14.2. The number of carbonyl (C=O) groups is 1. The van der Waals surface area contributed by atoms with Gasteiger partial charge in [0, 0.05) is 17.1 Å². The van der Waals surface area contributed by atoms with Crippen LogP contribution < -0.4 is 4.90 Å². The van der Waals surface area contributed by atoms with Gasteiger partial charge in [-0.25, -0.2) is 8.78 Å². The molecule has 0 bridgehead atoms. The standard InChI is InChI=1S/C15H13F2NOS/c1-2-18(11-5-3-4-10(16)8-11)15(19)13-9-12(20)6-7-14(13)17/h3-9,20H,2H2,1H3. The second kappa shape index (κ2) is 6.05. The highest BCUT2D eigenvalue weighted by Gasteiger charge is 2.20. The number of nitrogens with zero attached hydrogens (tertiary/aromatic N) is 1. The van der Waals surface area contributed by atoms with Crippen LogP contribution in [0.25, 0.3) is 0 Å². The van der Waals surface area contributed by atoms with Crippen molar-refractivity contribution in [3.05, 3.63) is 59.7 Å². The minimum atomic E-state index is -0.623. The van der Waals surface area contributed by atoms with Crippen molar-refractivity contribution in [1.82, 2.24) is 0 Å². The topological polar surface area (TPSA) is 20.3 Å². The van der Waals surface area contributed by atoms with Gasteiger partial charge in [-0.15, -0.1) is 12.6 Å². The Morgan fingerprint density at radius 1 is 1.20 bits per heavy atom. The minimum Gasteiger partial charge on any atom is -0.308 e. The minimum absolute atomic E-state index is 0.0800. The van der Waals surface area contributed by atoms with Crippen molar-refractivity contribution < 1.29 is 13.6 Å². The van der Waals surface area contributed by atoms with Crippen molar-refractivity contribution in [3.63, 3.8) is 0 Å². The van der Waals surface area contributed by atoms with Crippen LogP contribution in [0.1, 0.15) is 17.3 Å². The summed E-state index contributed by atoms with van der Waals surface area (Å²) < 4.78 is 27.0. The number of carbonyl (C=O) groups excluding carboxylic acids is 1. The molecule has 5 heteroatoms. The van der Waals surface area contributed by atoms with E-state index >= 15 is 0 Å². The molecule has 0 atom stereocenters. The zero-order valence-electron chi connectivity index (χ0n) is 10.8. The average molecular weight is 293 g/mol. The van der Waals surface area contributed by atoms with Gasteiger partial charge in [-0.3, -0.25) is 4.79 Å². The second-order valence-corrected chi connectivity index (χ2v) is 4.71. The van der Waals surface area contributed by atoms with Crippen molar-refractivity contribution >= 4 is 24.2 Å². The molecule has 0 spiro atoms. The molecule has 104 valence electrons. The van der Waals surface area contributed by atoms with E-state index in [-0.39, 0.29) is 5.56 Å². The predicted octanol–water partition coefficient (Wildman–Crippen LogP) is 3.92. The number of hydrogen-bond acceptors (Lipinski definition) is 2. The lowest BCUT2D eigenvalue weighted by Crippen LogP contribution is -2.31. The SMILES string of the molecule is CCN(C(=O)c1cc(S)ccc1F)c1cccc(F)c1. The molecule has 2 aromatic carbocycles. The van der Waals surface area contributed by atoms with Crippen molar-refractivity contribution in [2.45, 2.75) is 11.8 Å². The van der Waals surface area contributed by atoms with Gasteiger partial charge in [-0.05, 0) is 43.3 Å². The lowest BCUT2D eigenvalue weighted by atomic mass is 10.1. The lowest BCUT2D eigenvalue weighted by Gasteiger charge is -2.21. The number of amides is 1. The third-order valence-corrected chi connectivity index (χ3v) is 3.14. The highest BCUT2D eigenvalue weighted by Crippen LogP contribution is 2.21. The zero-order chi connectivity index (χ0) is 14.7. The number of benzene rings is 2. The normalized spacial score (nSPS) is 10.4. The Morgan fingerprint density at radius 2 is 1.95 bits per heavy atom. The van der Waals surface area contributed by atoms with Crippen LogP contribution in [0, 0.1) is 11.6 Å². The molecule has 0 heterocycles. The van der Waals surface area contributed by atoms with Crippen LogP contribution in [0.15, 0.2) is 47.4 Å². The van der Waals surface area contributed by atoms with E-state index < -0.39 is 17.5 Å². The first-order valence-electron chi connectivity index (χ1n) is 6.09. The Kier molecular flexibility index (Phi) is 4.39. The van der Waals surface area contributed by atoms with E-state index in [1.54, 1.807) is 13.0 Å². The summed E-state index contributed by atoms with van der Waals surface area (Å²) in [7, 11) is 0. The molecule has 20 heavy (non-hydrogen) atoms. The largest absolute Gasteiger partial charge is 0.308 e. The summed E-state index contributed by atoms with van der Waals surface area (Å²) in [5.41, 5.74) is 0.310. The molecule has 0 N–H and O–H groups in total. The molecule has 0 aliphatic heterocycles. The van der Waals surface area contributed by atoms with Crippen LogP contribution in [0.3, 0.4) is 0 Å². The fourth-order valence-corrected chi connectivity index (χ4v) is 2.11. The van der Waals surface area contributed by atoms with Gasteiger partial charge in [0.25, 0.3) is 5.91 Å². The number of rotatable bonds is 3. The van der Waals surface area contributed by atoms with Crippen molar-refractivity contribution in [2.75, 3.05) is 11.4 Å². The highest BCUT2D eigenvalue weighted by molar-refractivity contribution is 7.80. The van der Waals surface area contributed by atoms with E-state index in [0.29, 0.717) is 17.1 Å². The first kappa shape index (κ1) is 14.5. The van der Waals surface area contributed by atoms with E-state index in [4.69, 9.17) is 0 Å². The Hall–Kier alpha value is -1.88. The van der Waals surface area contributed by atoms with Crippen LogP contribution in [-0.4, -0.2) is 12.5 Å². The summed E-state index contributed by atoms with van der Waals surface area (Å²) in [6.07, 6.45) is 0. The smallest absolute Gasteiger partial charge is 0.261 e. The molecule has 2 aromatic rings. The fraction of sp³-hybridized carbons (Fsp3) is 0.133. The maximum atomic E-state index is 13.8. The summed E-state index contributed by atoms with van der Waals surface area (Å²) in [6, 6.07) is 9.66. The summed E-state index contributed by atoms with van der Waals surface area (Å²) in [5.74, 6) is -1.59. The molecule has 0 unspecified atom stereocenters. The van der Waals surface area contributed by atoms with Gasteiger partial charge < -0.3 is 4.90 Å². The molecule has 0 radical (unpaired) electrons. The maximum absolute atomic E-state index is 13.8. The van der Waals surface area contributed by atoms with Gasteiger partial charge in [0.15, 0.2) is 0 Å². The predicted molar refractivity (Wildman–Crippen MR) is 77.4 cm³/mol. The summed E-state index contributed by atoms with van der Waals surface area (Å²) in [5, 5.41) is 0. The number of anilines is 1. The first-order chi connectivity index (χ1) is 9.52. The monoisotopic (exact) mass is 293 g/mol. The summed E-state index contributed by atoms with van der Waals surface area (Å²) in [6.45, 7) is 2.05. The average Bonchev–Trinajstić information content (AvgIpc) is 2.42. The lowest BCUT2D eigenvalue weighted by molar-refractivity contribution is 0.0984. The second-order valence-electron chi connectivity index (χ2n) is 4.19.